The maximum absolute atomic E-state index is 10.9. The van der Waals surface area contributed by atoms with Crippen LogP contribution in [-0.4, -0.2) is 16.5 Å². The molecule has 0 radical (unpaired) electrons. The van der Waals surface area contributed by atoms with Gasteiger partial charge in [-0.2, -0.15) is 0 Å². The van der Waals surface area contributed by atoms with Crippen molar-refractivity contribution in [1.82, 2.24) is 4.98 Å². The van der Waals surface area contributed by atoms with Crippen LogP contribution < -0.4 is 5.32 Å². The zero-order chi connectivity index (χ0) is 13.9. The van der Waals surface area contributed by atoms with Crippen molar-refractivity contribution in [2.24, 2.45) is 0 Å². The van der Waals surface area contributed by atoms with Gasteiger partial charge in [0.1, 0.15) is 11.9 Å². The maximum atomic E-state index is 10.9. The summed E-state index contributed by atoms with van der Waals surface area (Å²) in [7, 11) is 0. The minimum Gasteiger partial charge on any atom is -0.377 e. The molecule has 0 aliphatic carbocycles. The third-order valence-corrected chi connectivity index (χ3v) is 4.10. The van der Waals surface area contributed by atoms with Crippen LogP contribution >= 0.6 is 11.3 Å². The summed E-state index contributed by atoms with van der Waals surface area (Å²) in [6, 6.07) is 7.45. The first kappa shape index (κ1) is 13.5. The van der Waals surface area contributed by atoms with Crippen molar-refractivity contribution in [1.29, 1.82) is 0 Å². The SMILES string of the molecule is CC(C)(CNc1cccnc1[N+](=O)[O-])c1cccs1. The van der Waals surface area contributed by atoms with Gasteiger partial charge < -0.3 is 15.4 Å². The second-order valence-electron chi connectivity index (χ2n) is 4.85. The lowest BCUT2D eigenvalue weighted by atomic mass is 9.91. The van der Waals surface area contributed by atoms with Crippen LogP contribution in [0.3, 0.4) is 0 Å². The van der Waals surface area contributed by atoms with E-state index in [1.54, 1.807) is 23.5 Å². The molecule has 0 amide bonds. The second-order valence-corrected chi connectivity index (χ2v) is 5.79. The third-order valence-electron chi connectivity index (χ3n) is 2.87. The van der Waals surface area contributed by atoms with Gasteiger partial charge in [0.2, 0.25) is 0 Å². The molecule has 0 atom stereocenters. The monoisotopic (exact) mass is 277 g/mol. The van der Waals surface area contributed by atoms with Crippen LogP contribution in [0.2, 0.25) is 0 Å². The molecule has 0 aliphatic rings. The van der Waals surface area contributed by atoms with Gasteiger partial charge in [-0.1, -0.05) is 19.9 Å². The highest BCUT2D eigenvalue weighted by molar-refractivity contribution is 7.10. The fraction of sp³-hybridized carbons (Fsp3) is 0.308. The summed E-state index contributed by atoms with van der Waals surface area (Å²) < 4.78 is 0. The van der Waals surface area contributed by atoms with E-state index in [-0.39, 0.29) is 11.2 Å². The Bertz CT molecular complexity index is 567. The smallest absolute Gasteiger partial charge is 0.377 e. The number of aromatic nitrogens is 1. The first-order valence-electron chi connectivity index (χ1n) is 5.88. The maximum Gasteiger partial charge on any atom is 0.386 e. The molecule has 2 aromatic heterocycles. The fourth-order valence-electron chi connectivity index (χ4n) is 1.75. The molecule has 0 fully saturated rings. The van der Waals surface area contributed by atoms with Crippen LogP contribution in [0, 0.1) is 10.1 Å². The van der Waals surface area contributed by atoms with E-state index in [9.17, 15) is 10.1 Å². The lowest BCUT2D eigenvalue weighted by Gasteiger charge is -2.24. The normalized spacial score (nSPS) is 11.3. The molecule has 2 rings (SSSR count). The molecule has 5 nitrogen and oxygen atoms in total. The summed E-state index contributed by atoms with van der Waals surface area (Å²) in [6.45, 7) is 4.82. The summed E-state index contributed by atoms with van der Waals surface area (Å²) >= 11 is 1.69. The lowest BCUT2D eigenvalue weighted by Crippen LogP contribution is -2.26. The summed E-state index contributed by atoms with van der Waals surface area (Å²) in [5.74, 6) is -0.135. The van der Waals surface area contributed by atoms with E-state index in [2.05, 4.69) is 30.2 Å². The Labute approximate surface area is 115 Å². The number of nitrogens with one attached hydrogen (secondary N) is 1. The summed E-state index contributed by atoms with van der Waals surface area (Å²) in [4.78, 5) is 15.4. The summed E-state index contributed by atoms with van der Waals surface area (Å²) in [5, 5.41) is 16.0. The standard InChI is InChI=1S/C13H15N3O2S/c1-13(2,11-6-4-8-19-11)9-15-10-5-3-7-14-12(10)16(17)18/h3-8,15H,9H2,1-2H3. The molecule has 0 aliphatic heterocycles. The molecule has 100 valence electrons. The zero-order valence-corrected chi connectivity index (χ0v) is 11.6. The lowest BCUT2D eigenvalue weighted by molar-refractivity contribution is -0.388. The molecule has 0 saturated carbocycles. The summed E-state index contributed by atoms with van der Waals surface area (Å²) in [5.41, 5.74) is 0.370. The summed E-state index contributed by atoms with van der Waals surface area (Å²) in [6.07, 6.45) is 1.42. The van der Waals surface area contributed by atoms with Crippen LogP contribution in [-0.2, 0) is 5.41 Å². The van der Waals surface area contributed by atoms with E-state index in [1.165, 1.54) is 11.1 Å². The number of nitro groups is 1. The van der Waals surface area contributed by atoms with E-state index in [0.717, 1.165) is 0 Å². The van der Waals surface area contributed by atoms with Gasteiger partial charge in [0.25, 0.3) is 0 Å². The highest BCUT2D eigenvalue weighted by Gasteiger charge is 2.23. The van der Waals surface area contributed by atoms with Gasteiger partial charge >= 0.3 is 5.82 Å². The number of pyridine rings is 1. The Balaban J connectivity index is 2.13. The molecule has 2 heterocycles. The van der Waals surface area contributed by atoms with Crippen molar-refractivity contribution in [3.05, 3.63) is 50.8 Å². The van der Waals surface area contributed by atoms with Gasteiger partial charge in [-0.25, -0.2) is 0 Å². The van der Waals surface area contributed by atoms with E-state index >= 15 is 0 Å². The average molecular weight is 277 g/mol. The Morgan fingerprint density at radius 1 is 1.42 bits per heavy atom. The first-order valence-corrected chi connectivity index (χ1v) is 6.76. The highest BCUT2D eigenvalue weighted by Crippen LogP contribution is 2.29. The Morgan fingerprint density at radius 3 is 2.84 bits per heavy atom. The Kier molecular flexibility index (Phi) is 3.80. The van der Waals surface area contributed by atoms with E-state index in [1.807, 2.05) is 11.4 Å². The molecule has 0 aromatic carbocycles. The van der Waals surface area contributed by atoms with Crippen molar-refractivity contribution in [3.8, 4) is 0 Å². The predicted octanol–water partition coefficient (Wildman–Crippen LogP) is 3.44. The van der Waals surface area contributed by atoms with Crippen LogP contribution in [0.4, 0.5) is 11.5 Å². The third kappa shape index (κ3) is 3.08. The van der Waals surface area contributed by atoms with E-state index in [4.69, 9.17) is 0 Å². The molecule has 6 heteroatoms. The van der Waals surface area contributed by atoms with E-state index in [0.29, 0.717) is 12.2 Å². The topological polar surface area (TPSA) is 68.1 Å². The number of hydrogen-bond donors (Lipinski definition) is 1. The van der Waals surface area contributed by atoms with E-state index < -0.39 is 4.92 Å². The number of nitrogens with zero attached hydrogens (tertiary/aromatic N) is 2. The van der Waals surface area contributed by atoms with Gasteiger partial charge in [0.15, 0.2) is 0 Å². The fourth-order valence-corrected chi connectivity index (χ4v) is 2.60. The number of anilines is 1. The number of hydrogen-bond acceptors (Lipinski definition) is 5. The Morgan fingerprint density at radius 2 is 2.21 bits per heavy atom. The quantitative estimate of drug-likeness (QED) is 0.671. The molecule has 19 heavy (non-hydrogen) atoms. The minimum absolute atomic E-state index is 0.0854. The van der Waals surface area contributed by atoms with Crippen LogP contribution in [0.25, 0.3) is 0 Å². The van der Waals surface area contributed by atoms with Crippen LogP contribution in [0.1, 0.15) is 18.7 Å². The van der Waals surface area contributed by atoms with Crippen molar-refractivity contribution >= 4 is 22.8 Å². The Hall–Kier alpha value is -1.95. The van der Waals surface area contributed by atoms with Gasteiger partial charge in [-0.15, -0.1) is 11.3 Å². The van der Waals surface area contributed by atoms with Crippen molar-refractivity contribution in [3.63, 3.8) is 0 Å². The highest BCUT2D eigenvalue weighted by atomic mass is 32.1. The van der Waals surface area contributed by atoms with Crippen molar-refractivity contribution in [2.75, 3.05) is 11.9 Å². The molecule has 0 saturated heterocycles. The predicted molar refractivity (Wildman–Crippen MR) is 76.7 cm³/mol. The van der Waals surface area contributed by atoms with Gasteiger partial charge in [-0.3, -0.25) is 0 Å². The molecule has 0 spiro atoms. The molecular formula is C13H15N3O2S. The second kappa shape index (κ2) is 5.36. The van der Waals surface area contributed by atoms with Gasteiger partial charge in [0.05, 0.1) is 0 Å². The van der Waals surface area contributed by atoms with Gasteiger partial charge in [-0.05, 0) is 33.5 Å². The van der Waals surface area contributed by atoms with Crippen LogP contribution in [0.15, 0.2) is 35.8 Å². The minimum atomic E-state index is -0.472. The van der Waals surface area contributed by atoms with Gasteiger partial charge in [0, 0.05) is 16.8 Å². The van der Waals surface area contributed by atoms with Crippen molar-refractivity contribution < 1.29 is 4.92 Å². The number of rotatable bonds is 5. The molecule has 1 N–H and O–H groups in total. The van der Waals surface area contributed by atoms with Crippen molar-refractivity contribution in [2.45, 2.75) is 19.3 Å². The largest absolute Gasteiger partial charge is 0.386 e. The number of thiophene rings is 1. The molecule has 0 bridgehead atoms. The average Bonchev–Trinajstić information content (AvgIpc) is 2.91. The zero-order valence-electron chi connectivity index (χ0n) is 10.8. The molecular weight excluding hydrogens is 262 g/mol. The first-order chi connectivity index (χ1) is 9.00. The molecule has 2 aromatic rings. The molecule has 0 unspecified atom stereocenters. The van der Waals surface area contributed by atoms with Crippen LogP contribution in [0.5, 0.6) is 0 Å².